The van der Waals surface area contributed by atoms with Gasteiger partial charge in [0.2, 0.25) is 11.7 Å². The zero-order valence-electron chi connectivity index (χ0n) is 18.7. The Morgan fingerprint density at radius 1 is 0.853 bits per heavy atom. The lowest BCUT2D eigenvalue weighted by Gasteiger charge is -2.35. The molecule has 1 aromatic heterocycles. The minimum atomic E-state index is -0.311. The topological polar surface area (TPSA) is 62.5 Å². The van der Waals surface area contributed by atoms with Crippen LogP contribution in [0.5, 0.6) is 0 Å². The molecule has 0 radical (unpaired) electrons. The summed E-state index contributed by atoms with van der Waals surface area (Å²) in [6.07, 6.45) is 0.232. The number of hydrogen-bond acceptors (Lipinski definition) is 5. The first-order valence-corrected chi connectivity index (χ1v) is 11.4. The average Bonchev–Trinajstić information content (AvgIpc) is 3.36. The molecular formula is C27H25FN4O2. The van der Waals surface area contributed by atoms with E-state index in [2.05, 4.69) is 27.2 Å². The van der Waals surface area contributed by atoms with Gasteiger partial charge < -0.3 is 9.42 Å². The van der Waals surface area contributed by atoms with Gasteiger partial charge in [-0.1, -0.05) is 53.7 Å². The van der Waals surface area contributed by atoms with E-state index in [4.69, 9.17) is 4.52 Å². The SMILES string of the molecule is O=C(Cc1cccc(F)c1)N1CCN(Cc2cccc(-c3noc(-c4ccccc4)n3)c2)CC1. The van der Waals surface area contributed by atoms with Crippen molar-refractivity contribution in [2.45, 2.75) is 13.0 Å². The molecule has 0 saturated carbocycles. The second-order valence-electron chi connectivity index (χ2n) is 8.45. The number of hydrogen-bond donors (Lipinski definition) is 0. The van der Waals surface area contributed by atoms with Gasteiger partial charge in [-0.3, -0.25) is 9.69 Å². The largest absolute Gasteiger partial charge is 0.340 e. The van der Waals surface area contributed by atoms with Crippen molar-refractivity contribution in [1.82, 2.24) is 19.9 Å². The van der Waals surface area contributed by atoms with Gasteiger partial charge >= 0.3 is 0 Å². The van der Waals surface area contributed by atoms with Crippen molar-refractivity contribution in [2.75, 3.05) is 26.2 Å². The van der Waals surface area contributed by atoms with Crippen LogP contribution in [-0.4, -0.2) is 52.0 Å². The Labute approximate surface area is 197 Å². The maximum Gasteiger partial charge on any atom is 0.258 e. The summed E-state index contributed by atoms with van der Waals surface area (Å²) >= 11 is 0. The van der Waals surface area contributed by atoms with Crippen molar-refractivity contribution < 1.29 is 13.7 Å². The number of piperazine rings is 1. The maximum absolute atomic E-state index is 13.4. The van der Waals surface area contributed by atoms with Gasteiger partial charge in [0.25, 0.3) is 5.89 Å². The van der Waals surface area contributed by atoms with E-state index in [0.717, 1.165) is 36.3 Å². The van der Waals surface area contributed by atoms with E-state index in [1.807, 2.05) is 47.4 Å². The number of aromatic nitrogens is 2. The van der Waals surface area contributed by atoms with E-state index >= 15 is 0 Å². The Balaban J connectivity index is 1.18. The molecule has 0 N–H and O–H groups in total. The van der Waals surface area contributed by atoms with Gasteiger partial charge in [0.15, 0.2) is 0 Å². The van der Waals surface area contributed by atoms with Gasteiger partial charge in [-0.25, -0.2) is 4.39 Å². The second-order valence-corrected chi connectivity index (χ2v) is 8.45. The Morgan fingerprint density at radius 2 is 1.59 bits per heavy atom. The summed E-state index contributed by atoms with van der Waals surface area (Å²) in [5.74, 6) is 0.793. The molecule has 6 nitrogen and oxygen atoms in total. The van der Waals surface area contributed by atoms with Crippen LogP contribution in [0.4, 0.5) is 4.39 Å². The predicted molar refractivity (Wildman–Crippen MR) is 127 cm³/mol. The molecule has 0 atom stereocenters. The molecule has 1 aliphatic rings. The molecule has 5 rings (SSSR count). The molecule has 0 unspecified atom stereocenters. The molecule has 0 bridgehead atoms. The molecule has 0 aliphatic carbocycles. The van der Waals surface area contributed by atoms with E-state index in [9.17, 15) is 9.18 Å². The van der Waals surface area contributed by atoms with Crippen LogP contribution >= 0.6 is 0 Å². The van der Waals surface area contributed by atoms with Crippen molar-refractivity contribution in [3.05, 3.63) is 95.8 Å². The lowest BCUT2D eigenvalue weighted by molar-refractivity contribution is -0.132. The fourth-order valence-electron chi connectivity index (χ4n) is 4.19. The molecule has 1 fully saturated rings. The Hall–Kier alpha value is -3.84. The molecule has 3 aromatic carbocycles. The smallest absolute Gasteiger partial charge is 0.258 e. The van der Waals surface area contributed by atoms with Crippen LogP contribution < -0.4 is 0 Å². The molecule has 172 valence electrons. The van der Waals surface area contributed by atoms with Gasteiger partial charge in [-0.15, -0.1) is 0 Å². The molecule has 1 amide bonds. The van der Waals surface area contributed by atoms with Crippen LogP contribution in [0.3, 0.4) is 0 Å². The van der Waals surface area contributed by atoms with Crippen molar-refractivity contribution in [3.8, 4) is 22.8 Å². The van der Waals surface area contributed by atoms with E-state index in [1.165, 1.54) is 12.1 Å². The molecule has 1 saturated heterocycles. The summed E-state index contributed by atoms with van der Waals surface area (Å²) in [7, 11) is 0. The second kappa shape index (κ2) is 9.97. The molecule has 4 aromatic rings. The number of amides is 1. The summed E-state index contributed by atoms with van der Waals surface area (Å²) in [5, 5.41) is 4.15. The van der Waals surface area contributed by atoms with Gasteiger partial charge in [0, 0.05) is 43.9 Å². The van der Waals surface area contributed by atoms with E-state index < -0.39 is 0 Å². The third kappa shape index (κ3) is 5.21. The highest BCUT2D eigenvalue weighted by Crippen LogP contribution is 2.23. The zero-order valence-corrected chi connectivity index (χ0v) is 18.7. The van der Waals surface area contributed by atoms with Crippen molar-refractivity contribution >= 4 is 5.91 Å². The first-order valence-electron chi connectivity index (χ1n) is 11.4. The first-order chi connectivity index (χ1) is 16.6. The number of rotatable bonds is 6. The van der Waals surface area contributed by atoms with Crippen LogP contribution in [0.2, 0.25) is 0 Å². The summed E-state index contributed by atoms with van der Waals surface area (Å²) in [5.41, 5.74) is 3.67. The first kappa shape index (κ1) is 22.0. The van der Waals surface area contributed by atoms with E-state index in [-0.39, 0.29) is 18.1 Å². The minimum absolute atomic E-state index is 0.0403. The van der Waals surface area contributed by atoms with Crippen LogP contribution in [-0.2, 0) is 17.8 Å². The average molecular weight is 457 g/mol. The monoisotopic (exact) mass is 456 g/mol. The standard InChI is InChI=1S/C27H25FN4O2/c28-24-11-5-6-20(17-24)18-25(33)32-14-12-31(13-15-32)19-21-7-4-10-23(16-21)26-29-27(34-30-26)22-8-2-1-3-9-22/h1-11,16-17H,12-15,18-19H2. The Kier molecular flexibility index (Phi) is 6.44. The maximum atomic E-state index is 13.4. The van der Waals surface area contributed by atoms with Gasteiger partial charge in [0.1, 0.15) is 5.82 Å². The highest BCUT2D eigenvalue weighted by atomic mass is 19.1. The molecular weight excluding hydrogens is 431 g/mol. The van der Waals surface area contributed by atoms with Crippen LogP contribution in [0.15, 0.2) is 83.4 Å². The lowest BCUT2D eigenvalue weighted by atomic mass is 10.1. The van der Waals surface area contributed by atoms with Crippen LogP contribution in [0.25, 0.3) is 22.8 Å². The number of carbonyl (C=O) groups is 1. The van der Waals surface area contributed by atoms with Gasteiger partial charge in [-0.05, 0) is 41.5 Å². The normalized spacial score (nSPS) is 14.3. The lowest BCUT2D eigenvalue weighted by Crippen LogP contribution is -2.48. The Morgan fingerprint density at radius 3 is 2.38 bits per heavy atom. The quantitative estimate of drug-likeness (QED) is 0.430. The molecule has 0 spiro atoms. The summed E-state index contributed by atoms with van der Waals surface area (Å²) in [6, 6.07) is 24.1. The van der Waals surface area contributed by atoms with Gasteiger partial charge in [-0.2, -0.15) is 4.98 Å². The summed E-state index contributed by atoms with van der Waals surface area (Å²) in [4.78, 5) is 21.4. The van der Waals surface area contributed by atoms with Crippen molar-refractivity contribution in [3.63, 3.8) is 0 Å². The number of nitrogens with zero attached hydrogens (tertiary/aromatic N) is 4. The van der Waals surface area contributed by atoms with Crippen LogP contribution in [0, 0.1) is 5.82 Å². The minimum Gasteiger partial charge on any atom is -0.340 e. The summed E-state index contributed by atoms with van der Waals surface area (Å²) < 4.78 is 18.8. The number of carbonyl (C=O) groups excluding carboxylic acids is 1. The van der Waals surface area contributed by atoms with Gasteiger partial charge in [0.05, 0.1) is 6.42 Å². The fraction of sp³-hybridized carbons (Fsp3) is 0.222. The fourth-order valence-corrected chi connectivity index (χ4v) is 4.19. The third-order valence-electron chi connectivity index (χ3n) is 6.01. The van der Waals surface area contributed by atoms with Crippen molar-refractivity contribution in [1.29, 1.82) is 0 Å². The van der Waals surface area contributed by atoms with Crippen molar-refractivity contribution in [2.24, 2.45) is 0 Å². The zero-order chi connectivity index (χ0) is 23.3. The predicted octanol–water partition coefficient (Wildman–Crippen LogP) is 4.43. The van der Waals surface area contributed by atoms with E-state index in [1.54, 1.807) is 12.1 Å². The Bertz CT molecular complexity index is 1270. The molecule has 1 aliphatic heterocycles. The van der Waals surface area contributed by atoms with E-state index in [0.29, 0.717) is 30.4 Å². The highest BCUT2D eigenvalue weighted by Gasteiger charge is 2.21. The number of benzene rings is 3. The summed E-state index contributed by atoms with van der Waals surface area (Å²) in [6.45, 7) is 3.69. The highest BCUT2D eigenvalue weighted by molar-refractivity contribution is 5.78. The molecule has 34 heavy (non-hydrogen) atoms. The third-order valence-corrected chi connectivity index (χ3v) is 6.01. The molecule has 2 heterocycles. The molecule has 7 heteroatoms. The van der Waals surface area contributed by atoms with Crippen LogP contribution in [0.1, 0.15) is 11.1 Å². The number of halogens is 1.